The van der Waals surface area contributed by atoms with Gasteiger partial charge in [0.25, 0.3) is 0 Å². The summed E-state index contributed by atoms with van der Waals surface area (Å²) in [5.41, 5.74) is 1.96. The van der Waals surface area contributed by atoms with Crippen LogP contribution in [0.15, 0.2) is 48.7 Å². The lowest BCUT2D eigenvalue weighted by Crippen LogP contribution is -1.98. The predicted molar refractivity (Wildman–Crippen MR) is 129 cm³/mol. The number of benzene rings is 2. The van der Waals surface area contributed by atoms with E-state index < -0.39 is 4.92 Å². The van der Waals surface area contributed by atoms with Crippen LogP contribution in [-0.4, -0.2) is 41.4 Å². The Labute approximate surface area is 199 Å². The molecule has 0 amide bonds. The molecule has 0 bridgehead atoms. The fraction of sp³-hybridized carbons (Fsp3) is 0.167. The Morgan fingerprint density at radius 1 is 1.06 bits per heavy atom. The maximum atomic E-state index is 12.9. The molecule has 0 aliphatic rings. The van der Waals surface area contributed by atoms with Crippen LogP contribution < -0.4 is 14.2 Å². The van der Waals surface area contributed by atoms with E-state index in [1.165, 1.54) is 50.9 Å². The van der Waals surface area contributed by atoms with Gasteiger partial charge in [-0.05, 0) is 49.4 Å². The van der Waals surface area contributed by atoms with Crippen LogP contribution in [0.1, 0.15) is 20.9 Å². The Kier molecular flexibility index (Phi) is 6.33. The van der Waals surface area contributed by atoms with Crippen LogP contribution in [0.4, 0.5) is 5.69 Å². The largest absolute Gasteiger partial charge is 0.493 e. The normalized spacial score (nSPS) is 11.2. The van der Waals surface area contributed by atoms with E-state index >= 15 is 0 Å². The summed E-state index contributed by atoms with van der Waals surface area (Å²) in [5.74, 6) is 0.895. The molecule has 2 aromatic heterocycles. The molecule has 34 heavy (non-hydrogen) atoms. The smallest absolute Gasteiger partial charge is 0.311 e. The number of hydrogen-bond acceptors (Lipinski definition) is 8. The average molecular weight is 480 g/mol. The van der Waals surface area contributed by atoms with E-state index in [2.05, 4.69) is 4.98 Å². The highest BCUT2D eigenvalue weighted by molar-refractivity contribution is 7.17. The summed E-state index contributed by atoms with van der Waals surface area (Å²) in [6.07, 6.45) is 5.02. The molecule has 0 unspecified atom stereocenters. The number of thiazole rings is 1. The van der Waals surface area contributed by atoms with Crippen molar-refractivity contribution in [3.8, 4) is 28.5 Å². The summed E-state index contributed by atoms with van der Waals surface area (Å²) in [5, 5.41) is 11.5. The molecule has 0 saturated heterocycles. The van der Waals surface area contributed by atoms with Crippen molar-refractivity contribution in [1.29, 1.82) is 0 Å². The number of ketones is 1. The zero-order chi connectivity index (χ0) is 24.4. The van der Waals surface area contributed by atoms with Crippen molar-refractivity contribution in [2.24, 2.45) is 0 Å². The fourth-order valence-electron chi connectivity index (χ4n) is 3.56. The number of fused-ring (bicyclic) bond motifs is 1. The number of imidazole rings is 1. The number of carbonyl (C=O) groups is 1. The molecule has 0 N–H and O–H groups in total. The lowest BCUT2D eigenvalue weighted by molar-refractivity contribution is -0.385. The van der Waals surface area contributed by atoms with E-state index in [4.69, 9.17) is 14.2 Å². The van der Waals surface area contributed by atoms with E-state index in [0.29, 0.717) is 39.0 Å². The maximum absolute atomic E-state index is 12.9. The number of hydrogen-bond donors (Lipinski definition) is 0. The summed E-state index contributed by atoms with van der Waals surface area (Å²) in [7, 11) is 4.41. The number of nitro groups is 1. The van der Waals surface area contributed by atoms with Gasteiger partial charge in [0, 0.05) is 28.3 Å². The SMILES string of the molecule is COc1ccc(C(=O)/C=C/c2c(-c3ccc(OC)c([N+](=O)[O-])c3)nc3sc(C)cn23)cc1OC. The van der Waals surface area contributed by atoms with Crippen molar-refractivity contribution >= 4 is 33.8 Å². The first kappa shape index (κ1) is 23.0. The molecule has 2 heterocycles. The van der Waals surface area contributed by atoms with Crippen LogP contribution in [0.2, 0.25) is 0 Å². The molecule has 0 aliphatic carbocycles. The third kappa shape index (κ3) is 4.23. The van der Waals surface area contributed by atoms with Gasteiger partial charge >= 0.3 is 5.69 Å². The molecule has 0 fully saturated rings. The Balaban J connectivity index is 1.78. The molecule has 4 rings (SSSR count). The number of nitrogens with zero attached hydrogens (tertiary/aromatic N) is 3. The third-order valence-electron chi connectivity index (χ3n) is 5.19. The van der Waals surface area contributed by atoms with Gasteiger partial charge in [0.15, 0.2) is 28.0 Å². The molecule has 0 atom stereocenters. The zero-order valence-electron chi connectivity index (χ0n) is 18.9. The van der Waals surface area contributed by atoms with Crippen LogP contribution in [0.25, 0.3) is 22.3 Å². The lowest BCUT2D eigenvalue weighted by Gasteiger charge is -2.08. The number of allylic oxidation sites excluding steroid dienone is 1. The van der Waals surface area contributed by atoms with Crippen molar-refractivity contribution in [1.82, 2.24) is 9.38 Å². The van der Waals surface area contributed by atoms with Crippen LogP contribution in [0, 0.1) is 17.0 Å². The highest BCUT2D eigenvalue weighted by atomic mass is 32.1. The first-order chi connectivity index (χ1) is 16.4. The van der Waals surface area contributed by atoms with Crippen LogP contribution >= 0.6 is 11.3 Å². The number of methoxy groups -OCH3 is 3. The van der Waals surface area contributed by atoms with E-state index in [9.17, 15) is 14.9 Å². The second-order valence-electron chi connectivity index (χ2n) is 7.25. The second-order valence-corrected chi connectivity index (χ2v) is 8.46. The average Bonchev–Trinajstić information content (AvgIpc) is 3.37. The van der Waals surface area contributed by atoms with Gasteiger partial charge in [-0.3, -0.25) is 19.3 Å². The summed E-state index contributed by atoms with van der Waals surface area (Å²) >= 11 is 1.48. The van der Waals surface area contributed by atoms with E-state index in [1.807, 2.05) is 17.5 Å². The van der Waals surface area contributed by atoms with Crippen molar-refractivity contribution < 1.29 is 23.9 Å². The zero-order valence-corrected chi connectivity index (χ0v) is 19.7. The predicted octanol–water partition coefficient (Wildman–Crippen LogP) is 5.20. The molecule has 2 aromatic carbocycles. The van der Waals surface area contributed by atoms with Crippen molar-refractivity contribution in [3.05, 3.63) is 74.9 Å². The van der Waals surface area contributed by atoms with Gasteiger partial charge in [-0.25, -0.2) is 4.98 Å². The van der Waals surface area contributed by atoms with Gasteiger partial charge in [-0.2, -0.15) is 0 Å². The molecule has 174 valence electrons. The van der Waals surface area contributed by atoms with Crippen molar-refractivity contribution in [2.45, 2.75) is 6.92 Å². The number of carbonyl (C=O) groups excluding carboxylic acids is 1. The van der Waals surface area contributed by atoms with Gasteiger partial charge < -0.3 is 14.2 Å². The monoisotopic (exact) mass is 479 g/mol. The number of aryl methyl sites for hydroxylation is 1. The van der Waals surface area contributed by atoms with Gasteiger partial charge in [-0.15, -0.1) is 11.3 Å². The standard InChI is InChI=1S/C24H21N3O6S/c1-14-13-26-17(7-8-19(28)15-5-10-21(32-3)22(12-15)33-4)23(25-24(26)34-14)16-6-9-20(31-2)18(11-16)27(29)30/h5-13H,1-4H3/b8-7+. The summed E-state index contributed by atoms with van der Waals surface area (Å²) < 4.78 is 17.5. The molecule has 10 heteroatoms. The molecule has 9 nitrogen and oxygen atoms in total. The minimum atomic E-state index is -0.499. The highest BCUT2D eigenvalue weighted by Crippen LogP contribution is 2.35. The molecule has 4 aromatic rings. The number of ether oxygens (including phenoxy) is 3. The van der Waals surface area contributed by atoms with E-state index in [0.717, 1.165) is 4.88 Å². The summed E-state index contributed by atoms with van der Waals surface area (Å²) in [6.45, 7) is 1.96. The van der Waals surface area contributed by atoms with E-state index in [1.54, 1.807) is 30.3 Å². The topological polar surface area (TPSA) is 105 Å². The Morgan fingerprint density at radius 2 is 1.76 bits per heavy atom. The Bertz CT molecular complexity index is 1440. The molecule has 0 spiro atoms. The third-order valence-corrected chi connectivity index (χ3v) is 6.09. The Morgan fingerprint density at radius 3 is 2.44 bits per heavy atom. The summed E-state index contributed by atoms with van der Waals surface area (Å²) in [4.78, 5) is 30.3. The van der Waals surface area contributed by atoms with Gasteiger partial charge in [-0.1, -0.05) is 0 Å². The number of nitro benzene ring substituents is 1. The number of aromatic nitrogens is 2. The Hall–Kier alpha value is -4.18. The molecular formula is C24H21N3O6S. The van der Waals surface area contributed by atoms with Gasteiger partial charge in [0.05, 0.1) is 37.6 Å². The van der Waals surface area contributed by atoms with Crippen molar-refractivity contribution in [2.75, 3.05) is 21.3 Å². The fourth-order valence-corrected chi connectivity index (χ4v) is 4.40. The molecule has 0 aliphatic heterocycles. The minimum absolute atomic E-state index is 0.159. The van der Waals surface area contributed by atoms with Crippen molar-refractivity contribution in [3.63, 3.8) is 0 Å². The number of rotatable bonds is 8. The lowest BCUT2D eigenvalue weighted by atomic mass is 10.1. The van der Waals surface area contributed by atoms with Crippen LogP contribution in [-0.2, 0) is 0 Å². The van der Waals surface area contributed by atoms with Gasteiger partial charge in [0.2, 0.25) is 0 Å². The molecule has 0 saturated carbocycles. The highest BCUT2D eigenvalue weighted by Gasteiger charge is 2.20. The molecule has 0 radical (unpaired) electrons. The molecular weight excluding hydrogens is 458 g/mol. The second kappa shape index (κ2) is 9.36. The quantitative estimate of drug-likeness (QED) is 0.148. The van der Waals surface area contributed by atoms with Crippen LogP contribution in [0.3, 0.4) is 0 Å². The maximum Gasteiger partial charge on any atom is 0.311 e. The van der Waals surface area contributed by atoms with Crippen LogP contribution in [0.5, 0.6) is 17.2 Å². The minimum Gasteiger partial charge on any atom is -0.493 e. The first-order valence-corrected chi connectivity index (χ1v) is 10.9. The first-order valence-electron chi connectivity index (χ1n) is 10.1. The van der Waals surface area contributed by atoms with Gasteiger partial charge in [0.1, 0.15) is 0 Å². The van der Waals surface area contributed by atoms with E-state index in [-0.39, 0.29) is 17.2 Å². The summed E-state index contributed by atoms with van der Waals surface area (Å²) in [6, 6.07) is 9.60.